The van der Waals surface area contributed by atoms with Gasteiger partial charge in [-0.1, -0.05) is 32.0 Å². The van der Waals surface area contributed by atoms with Crippen LogP contribution in [0.15, 0.2) is 42.2 Å². The van der Waals surface area contributed by atoms with Crippen molar-refractivity contribution in [2.24, 2.45) is 5.92 Å². The Bertz CT molecular complexity index is 607. The number of ether oxygens (including phenoxy) is 2. The molecular weight excluding hydrogens is 310 g/mol. The molecular formula is C18H23NO5. The van der Waals surface area contributed by atoms with Gasteiger partial charge in [0.15, 0.2) is 0 Å². The number of hydrogen-bond acceptors (Lipinski definition) is 5. The molecule has 6 nitrogen and oxygen atoms in total. The third-order valence-corrected chi connectivity index (χ3v) is 3.11. The van der Waals surface area contributed by atoms with Crippen LogP contribution in [0.5, 0.6) is 0 Å². The van der Waals surface area contributed by atoms with Crippen LogP contribution in [-0.2, 0) is 19.1 Å². The Balaban J connectivity index is 3.00. The minimum atomic E-state index is -0.743. The molecule has 130 valence electrons. The highest BCUT2D eigenvalue weighted by atomic mass is 16.6. The molecule has 0 radical (unpaired) electrons. The lowest BCUT2D eigenvalue weighted by atomic mass is 10.0. The molecule has 0 saturated heterocycles. The molecule has 24 heavy (non-hydrogen) atoms. The summed E-state index contributed by atoms with van der Waals surface area (Å²) in [5, 5.41) is 2.82. The number of esters is 2. The monoisotopic (exact) mass is 333 g/mol. The topological polar surface area (TPSA) is 81.7 Å². The summed E-state index contributed by atoms with van der Waals surface area (Å²) in [5.74, 6) is -1.91. The van der Waals surface area contributed by atoms with Crippen molar-refractivity contribution in [2.75, 3.05) is 6.61 Å². The number of amides is 1. The van der Waals surface area contributed by atoms with Gasteiger partial charge < -0.3 is 14.8 Å². The minimum Gasteiger partial charge on any atom is -0.460 e. The molecule has 1 N–H and O–H groups in total. The predicted octanol–water partition coefficient (Wildman–Crippen LogP) is 2.45. The van der Waals surface area contributed by atoms with Crippen LogP contribution >= 0.6 is 0 Å². The van der Waals surface area contributed by atoms with E-state index in [9.17, 15) is 14.4 Å². The highest BCUT2D eigenvalue weighted by molar-refractivity contribution is 5.94. The number of rotatable bonds is 7. The van der Waals surface area contributed by atoms with Crippen LogP contribution in [0.2, 0.25) is 0 Å². The second-order valence-electron chi connectivity index (χ2n) is 5.45. The highest BCUT2D eigenvalue weighted by Crippen LogP contribution is 2.11. The Labute approximate surface area is 141 Å². The molecule has 0 aliphatic carbocycles. The Hall–Kier alpha value is -2.63. The van der Waals surface area contributed by atoms with E-state index >= 15 is 0 Å². The van der Waals surface area contributed by atoms with Gasteiger partial charge in [-0.05, 0) is 31.1 Å². The van der Waals surface area contributed by atoms with E-state index in [0.29, 0.717) is 5.56 Å². The Kier molecular flexibility index (Phi) is 7.68. The van der Waals surface area contributed by atoms with E-state index in [1.165, 1.54) is 13.0 Å². The third kappa shape index (κ3) is 6.24. The van der Waals surface area contributed by atoms with Crippen LogP contribution in [0.1, 0.15) is 38.1 Å². The van der Waals surface area contributed by atoms with Gasteiger partial charge in [0.2, 0.25) is 5.76 Å². The first-order valence-electron chi connectivity index (χ1n) is 7.78. The summed E-state index contributed by atoms with van der Waals surface area (Å²) in [6.07, 6.45) is 1.41. The second kappa shape index (κ2) is 9.50. The first kappa shape index (κ1) is 19.4. The van der Waals surface area contributed by atoms with E-state index in [1.54, 1.807) is 31.2 Å². The van der Waals surface area contributed by atoms with Crippen molar-refractivity contribution in [2.45, 2.75) is 33.7 Å². The van der Waals surface area contributed by atoms with Gasteiger partial charge in [-0.2, -0.15) is 0 Å². The van der Waals surface area contributed by atoms with Crippen molar-refractivity contribution >= 4 is 17.8 Å². The summed E-state index contributed by atoms with van der Waals surface area (Å²) in [6, 6.07) is 8.21. The molecule has 1 atom stereocenters. The van der Waals surface area contributed by atoms with Crippen LogP contribution in [0.25, 0.3) is 0 Å². The van der Waals surface area contributed by atoms with E-state index in [0.717, 1.165) is 0 Å². The van der Waals surface area contributed by atoms with Gasteiger partial charge in [0.25, 0.3) is 5.91 Å². The van der Waals surface area contributed by atoms with E-state index in [2.05, 4.69) is 5.32 Å². The molecule has 0 bridgehead atoms. The summed E-state index contributed by atoms with van der Waals surface area (Å²) in [4.78, 5) is 35.4. The van der Waals surface area contributed by atoms with E-state index in [4.69, 9.17) is 9.47 Å². The minimum absolute atomic E-state index is 0.0300. The molecule has 1 aromatic carbocycles. The zero-order chi connectivity index (χ0) is 18.1. The van der Waals surface area contributed by atoms with Gasteiger partial charge in [-0.25, -0.2) is 4.79 Å². The van der Waals surface area contributed by atoms with E-state index in [1.807, 2.05) is 19.9 Å². The lowest BCUT2D eigenvalue weighted by Gasteiger charge is -2.20. The fourth-order valence-corrected chi connectivity index (χ4v) is 1.89. The molecule has 0 saturated carbocycles. The van der Waals surface area contributed by atoms with Gasteiger partial charge in [-0.3, -0.25) is 9.59 Å². The highest BCUT2D eigenvalue weighted by Gasteiger charge is 2.21. The molecule has 0 aliphatic heterocycles. The summed E-state index contributed by atoms with van der Waals surface area (Å²) in [7, 11) is 0. The van der Waals surface area contributed by atoms with Crippen LogP contribution in [-0.4, -0.2) is 30.5 Å². The summed E-state index contributed by atoms with van der Waals surface area (Å²) in [5.41, 5.74) is 0.502. The zero-order valence-electron chi connectivity index (χ0n) is 14.4. The number of hydrogen-bond donors (Lipinski definition) is 1. The lowest BCUT2D eigenvalue weighted by molar-refractivity contribution is -0.150. The fourth-order valence-electron chi connectivity index (χ4n) is 1.89. The first-order valence-corrected chi connectivity index (χ1v) is 7.78. The smallest absolute Gasteiger partial charge is 0.374 e. The van der Waals surface area contributed by atoms with Gasteiger partial charge in [-0.15, -0.1) is 0 Å². The molecule has 1 rings (SSSR count). The third-order valence-electron chi connectivity index (χ3n) is 3.11. The first-order chi connectivity index (χ1) is 11.3. The average molecular weight is 333 g/mol. The van der Waals surface area contributed by atoms with E-state index in [-0.39, 0.29) is 24.2 Å². The average Bonchev–Trinajstić information content (AvgIpc) is 2.53. The van der Waals surface area contributed by atoms with Crippen LogP contribution in [0.3, 0.4) is 0 Å². The van der Waals surface area contributed by atoms with Gasteiger partial charge in [0, 0.05) is 12.5 Å². The maximum absolute atomic E-state index is 12.3. The lowest BCUT2D eigenvalue weighted by Crippen LogP contribution is -2.38. The van der Waals surface area contributed by atoms with Crippen molar-refractivity contribution < 1.29 is 23.9 Å². The van der Waals surface area contributed by atoms with E-state index < -0.39 is 18.0 Å². The molecule has 1 amide bonds. The molecule has 1 aromatic rings. The maximum Gasteiger partial charge on any atom is 0.374 e. The Morgan fingerprint density at radius 2 is 1.79 bits per heavy atom. The molecule has 6 heteroatoms. The number of nitrogens with one attached hydrogen (secondary N) is 1. The standard InChI is InChI=1S/C18H23NO5/c1-5-23-18(22)16(24-13(4)20)11-15(12(2)3)19-17(21)14-9-7-6-8-10-14/h6-12,15H,5H2,1-4H3,(H,19,21)/b16-11+. The molecule has 0 heterocycles. The largest absolute Gasteiger partial charge is 0.460 e. The molecule has 0 aliphatic rings. The van der Waals surface area contributed by atoms with Crippen LogP contribution in [0, 0.1) is 5.92 Å². The van der Waals surface area contributed by atoms with Gasteiger partial charge in [0.05, 0.1) is 12.6 Å². The van der Waals surface area contributed by atoms with Crippen molar-refractivity contribution in [1.82, 2.24) is 5.32 Å². The van der Waals surface area contributed by atoms with Crippen molar-refractivity contribution in [3.8, 4) is 0 Å². The fraction of sp³-hybridized carbons (Fsp3) is 0.389. The van der Waals surface area contributed by atoms with Gasteiger partial charge >= 0.3 is 11.9 Å². The Morgan fingerprint density at radius 3 is 2.29 bits per heavy atom. The summed E-state index contributed by atoms with van der Waals surface area (Å²) in [6.45, 7) is 6.76. The maximum atomic E-state index is 12.3. The predicted molar refractivity (Wildman–Crippen MR) is 89.0 cm³/mol. The van der Waals surface area contributed by atoms with Gasteiger partial charge in [0.1, 0.15) is 0 Å². The Morgan fingerprint density at radius 1 is 1.17 bits per heavy atom. The van der Waals surface area contributed by atoms with Crippen molar-refractivity contribution in [1.29, 1.82) is 0 Å². The second-order valence-corrected chi connectivity index (χ2v) is 5.45. The zero-order valence-corrected chi connectivity index (χ0v) is 14.4. The number of benzene rings is 1. The van der Waals surface area contributed by atoms with Crippen molar-refractivity contribution in [3.63, 3.8) is 0 Å². The molecule has 1 unspecified atom stereocenters. The van der Waals surface area contributed by atoms with Crippen LogP contribution in [0.4, 0.5) is 0 Å². The number of carbonyl (C=O) groups excluding carboxylic acids is 3. The van der Waals surface area contributed by atoms with Crippen LogP contribution < -0.4 is 5.32 Å². The summed E-state index contributed by atoms with van der Waals surface area (Å²) < 4.78 is 9.81. The molecule has 0 spiro atoms. The quantitative estimate of drug-likeness (QED) is 0.471. The molecule has 0 aromatic heterocycles. The normalized spacial score (nSPS) is 12.5. The van der Waals surface area contributed by atoms with Crippen molar-refractivity contribution in [3.05, 3.63) is 47.7 Å². The summed E-state index contributed by atoms with van der Waals surface area (Å²) >= 11 is 0. The number of carbonyl (C=O) groups is 3. The molecule has 0 fully saturated rings. The SMILES string of the molecule is CCOC(=O)/C(=C\C(NC(=O)c1ccccc1)C(C)C)OC(C)=O.